The Labute approximate surface area is 220 Å². The summed E-state index contributed by atoms with van der Waals surface area (Å²) in [5, 5.41) is 3.30. The molecule has 0 atom stereocenters. The number of fused-ring (bicyclic) bond motifs is 1. The number of halogens is 1. The van der Waals surface area contributed by atoms with Crippen LogP contribution >= 0.6 is 0 Å². The summed E-state index contributed by atoms with van der Waals surface area (Å²) in [4.78, 5) is 13.0. The molecule has 3 aromatic carbocycles. The molecular weight excluding hydrogens is 509 g/mol. The Bertz CT molecular complexity index is 1590. The minimum atomic E-state index is -3.59. The Morgan fingerprint density at radius 2 is 1.74 bits per heavy atom. The van der Waals surface area contributed by atoms with Gasteiger partial charge in [-0.3, -0.25) is 9.10 Å². The molecule has 1 saturated carbocycles. The lowest BCUT2D eigenvalue weighted by Crippen LogP contribution is -2.35. The van der Waals surface area contributed by atoms with E-state index in [1.165, 1.54) is 28.6 Å². The largest absolute Gasteiger partial charge is 0.457 e. The summed E-state index contributed by atoms with van der Waals surface area (Å²) >= 11 is 0. The lowest BCUT2D eigenvalue weighted by molar-refractivity contribution is 0.0964. The number of carbonyl (C=O) groups excluding carboxylic acids is 1. The monoisotopic (exact) mass is 537 g/mol. The standard InChI is InChI=1S/C28H28FN3O5S/c1-31-28(33)26-23-15-22(17-3-4-17)24(32(14-13-30)38(2,34)35)16-25(23)37-27(26)18-5-9-20(10-6-18)36-21-11-7-19(29)8-12-21/h5-12,15-17H,3-4,13-14,30H2,1-2H3,(H,31,33). The minimum absolute atomic E-state index is 0.134. The summed E-state index contributed by atoms with van der Waals surface area (Å²) in [5.41, 5.74) is 8.53. The van der Waals surface area contributed by atoms with Gasteiger partial charge < -0.3 is 20.2 Å². The predicted molar refractivity (Wildman–Crippen MR) is 145 cm³/mol. The van der Waals surface area contributed by atoms with E-state index in [1.807, 2.05) is 6.07 Å². The van der Waals surface area contributed by atoms with Crippen molar-refractivity contribution in [3.63, 3.8) is 0 Å². The van der Waals surface area contributed by atoms with Gasteiger partial charge in [0.2, 0.25) is 10.0 Å². The van der Waals surface area contributed by atoms with E-state index >= 15 is 0 Å². The highest BCUT2D eigenvalue weighted by atomic mass is 32.2. The van der Waals surface area contributed by atoms with Crippen LogP contribution in [-0.4, -0.2) is 40.7 Å². The molecule has 5 rings (SSSR count). The van der Waals surface area contributed by atoms with Crippen molar-refractivity contribution in [2.24, 2.45) is 5.73 Å². The smallest absolute Gasteiger partial charge is 0.255 e. The summed E-state index contributed by atoms with van der Waals surface area (Å²) in [5.74, 6) is 0.909. The number of nitrogens with one attached hydrogen (secondary N) is 1. The molecular formula is C28H28FN3O5S. The van der Waals surface area contributed by atoms with Gasteiger partial charge in [0.1, 0.15) is 28.7 Å². The molecule has 0 bridgehead atoms. The molecule has 0 unspecified atom stereocenters. The average molecular weight is 538 g/mol. The van der Waals surface area contributed by atoms with Crippen LogP contribution in [0.4, 0.5) is 10.1 Å². The molecule has 198 valence electrons. The van der Waals surface area contributed by atoms with Gasteiger partial charge in [-0.1, -0.05) is 0 Å². The Balaban J connectivity index is 1.60. The molecule has 1 fully saturated rings. The molecule has 10 heteroatoms. The summed E-state index contributed by atoms with van der Waals surface area (Å²) in [6, 6.07) is 16.3. The SMILES string of the molecule is CNC(=O)c1c(-c2ccc(Oc3ccc(F)cc3)cc2)oc2cc(N(CCN)S(C)(=O)=O)c(C3CC3)cc12. The molecule has 0 aliphatic heterocycles. The van der Waals surface area contributed by atoms with Gasteiger partial charge in [0.25, 0.3) is 5.91 Å². The van der Waals surface area contributed by atoms with Gasteiger partial charge in [-0.15, -0.1) is 0 Å². The second-order valence-electron chi connectivity index (χ2n) is 9.27. The summed E-state index contributed by atoms with van der Waals surface area (Å²) in [7, 11) is -2.04. The molecule has 4 aromatic rings. The van der Waals surface area contributed by atoms with E-state index in [4.69, 9.17) is 14.9 Å². The number of rotatable bonds is 9. The van der Waals surface area contributed by atoms with E-state index in [0.717, 1.165) is 24.7 Å². The van der Waals surface area contributed by atoms with Crippen LogP contribution in [0.15, 0.2) is 65.1 Å². The molecule has 1 aromatic heterocycles. The fraction of sp³-hybridized carbons (Fsp3) is 0.250. The Morgan fingerprint density at radius 1 is 1.11 bits per heavy atom. The van der Waals surface area contributed by atoms with E-state index in [2.05, 4.69) is 5.32 Å². The van der Waals surface area contributed by atoms with Crippen LogP contribution in [0.3, 0.4) is 0 Å². The van der Waals surface area contributed by atoms with Crippen molar-refractivity contribution in [2.45, 2.75) is 18.8 Å². The van der Waals surface area contributed by atoms with Crippen molar-refractivity contribution in [1.82, 2.24) is 5.32 Å². The second kappa shape index (κ2) is 10.1. The molecule has 0 radical (unpaired) electrons. The van der Waals surface area contributed by atoms with Crippen molar-refractivity contribution >= 4 is 32.6 Å². The van der Waals surface area contributed by atoms with E-state index in [0.29, 0.717) is 45.0 Å². The average Bonchev–Trinajstić information content (AvgIpc) is 3.67. The predicted octanol–water partition coefficient (Wildman–Crippen LogP) is 4.99. The van der Waals surface area contributed by atoms with Crippen molar-refractivity contribution in [3.8, 4) is 22.8 Å². The van der Waals surface area contributed by atoms with Crippen molar-refractivity contribution in [2.75, 3.05) is 30.7 Å². The first-order chi connectivity index (χ1) is 18.2. The summed E-state index contributed by atoms with van der Waals surface area (Å²) in [6.07, 6.45) is 3.03. The second-order valence-corrected chi connectivity index (χ2v) is 11.2. The minimum Gasteiger partial charge on any atom is -0.457 e. The van der Waals surface area contributed by atoms with Gasteiger partial charge in [0, 0.05) is 37.2 Å². The van der Waals surface area contributed by atoms with E-state index < -0.39 is 10.0 Å². The van der Waals surface area contributed by atoms with Gasteiger partial charge >= 0.3 is 0 Å². The molecule has 38 heavy (non-hydrogen) atoms. The summed E-state index contributed by atoms with van der Waals surface area (Å²) < 4.78 is 51.7. The van der Waals surface area contributed by atoms with Crippen LogP contribution < -0.4 is 20.1 Å². The number of sulfonamides is 1. The molecule has 8 nitrogen and oxygen atoms in total. The third-order valence-corrected chi connectivity index (χ3v) is 7.66. The fourth-order valence-electron chi connectivity index (χ4n) is 4.54. The fourth-order valence-corrected chi connectivity index (χ4v) is 5.49. The highest BCUT2D eigenvalue weighted by Gasteiger charge is 2.33. The van der Waals surface area contributed by atoms with Crippen LogP contribution in [-0.2, 0) is 10.0 Å². The number of hydrogen-bond donors (Lipinski definition) is 2. The number of ether oxygens (including phenoxy) is 1. The molecule has 0 spiro atoms. The number of furan rings is 1. The van der Waals surface area contributed by atoms with Gasteiger partial charge in [-0.2, -0.15) is 0 Å². The van der Waals surface area contributed by atoms with Crippen LogP contribution in [0, 0.1) is 5.82 Å². The van der Waals surface area contributed by atoms with E-state index in [-0.39, 0.29) is 30.7 Å². The van der Waals surface area contributed by atoms with Gasteiger partial charge in [-0.05, 0) is 78.9 Å². The Hall–Kier alpha value is -3.89. The van der Waals surface area contributed by atoms with Crippen LogP contribution in [0.5, 0.6) is 11.5 Å². The first kappa shape index (κ1) is 25.7. The molecule has 1 aliphatic rings. The highest BCUT2D eigenvalue weighted by Crippen LogP contribution is 2.48. The normalized spacial score (nSPS) is 13.5. The van der Waals surface area contributed by atoms with Crippen molar-refractivity contribution in [3.05, 3.63) is 77.6 Å². The highest BCUT2D eigenvalue weighted by molar-refractivity contribution is 7.92. The lowest BCUT2D eigenvalue weighted by atomic mass is 10.0. The maximum absolute atomic E-state index is 13.2. The van der Waals surface area contributed by atoms with E-state index in [9.17, 15) is 17.6 Å². The third-order valence-electron chi connectivity index (χ3n) is 6.48. The molecule has 1 aliphatic carbocycles. The number of hydrogen-bond acceptors (Lipinski definition) is 6. The maximum atomic E-state index is 13.2. The van der Waals surface area contributed by atoms with Crippen molar-refractivity contribution < 1.29 is 26.8 Å². The Kier molecular flexibility index (Phi) is 6.85. The topological polar surface area (TPSA) is 115 Å². The number of nitrogens with zero attached hydrogens (tertiary/aromatic N) is 1. The van der Waals surface area contributed by atoms with Crippen LogP contribution in [0.2, 0.25) is 0 Å². The quantitative estimate of drug-likeness (QED) is 0.311. The lowest BCUT2D eigenvalue weighted by Gasteiger charge is -2.24. The number of anilines is 1. The number of nitrogens with two attached hydrogens (primary N) is 1. The zero-order chi connectivity index (χ0) is 27.0. The van der Waals surface area contributed by atoms with Gasteiger partial charge in [0.15, 0.2) is 0 Å². The first-order valence-corrected chi connectivity index (χ1v) is 14.1. The first-order valence-electron chi connectivity index (χ1n) is 12.2. The number of amides is 1. The van der Waals surface area contributed by atoms with Gasteiger partial charge in [0.05, 0.1) is 17.5 Å². The van der Waals surface area contributed by atoms with E-state index in [1.54, 1.807) is 37.4 Å². The molecule has 1 heterocycles. The zero-order valence-corrected chi connectivity index (χ0v) is 21.8. The molecule has 0 saturated heterocycles. The number of carbonyl (C=O) groups is 1. The molecule has 3 N–H and O–H groups in total. The van der Waals surface area contributed by atoms with Gasteiger partial charge in [-0.25, -0.2) is 12.8 Å². The third kappa shape index (κ3) is 5.09. The zero-order valence-electron chi connectivity index (χ0n) is 21.0. The summed E-state index contributed by atoms with van der Waals surface area (Å²) in [6.45, 7) is 0.296. The Morgan fingerprint density at radius 3 is 2.29 bits per heavy atom. The molecule has 1 amide bonds. The maximum Gasteiger partial charge on any atom is 0.255 e. The number of benzene rings is 3. The van der Waals surface area contributed by atoms with Crippen LogP contribution in [0.25, 0.3) is 22.3 Å². The van der Waals surface area contributed by atoms with Crippen LogP contribution in [0.1, 0.15) is 34.7 Å². The van der Waals surface area contributed by atoms with Crippen molar-refractivity contribution in [1.29, 1.82) is 0 Å².